The second kappa shape index (κ2) is 20.8. The summed E-state index contributed by atoms with van der Waals surface area (Å²) in [5.74, 6) is 0. The second-order valence-electron chi connectivity index (χ2n) is 19.1. The van der Waals surface area contributed by atoms with E-state index in [1.54, 1.807) is 0 Å². The summed E-state index contributed by atoms with van der Waals surface area (Å²) in [5, 5.41) is 4.07. The van der Waals surface area contributed by atoms with Crippen LogP contribution in [0.1, 0.15) is 100 Å². The molecule has 0 bridgehead atoms. The van der Waals surface area contributed by atoms with Crippen molar-refractivity contribution in [3.05, 3.63) is 300 Å². The zero-order valence-electron chi connectivity index (χ0n) is 40.7. The molecule has 9 aromatic carbocycles. The third-order valence-corrected chi connectivity index (χ3v) is 20.3. The molecule has 0 fully saturated rings. The first kappa shape index (κ1) is 46.6. The second-order valence-corrected chi connectivity index (χ2v) is 23.6. The Morgan fingerprint density at radius 2 is 0.471 bits per heavy atom. The molecule has 0 saturated carbocycles. The molecule has 0 aliphatic carbocycles. The molecule has 0 heterocycles. The number of rotatable bonds is 15. The Hall–Kier alpha value is -6.51. The quantitative estimate of drug-likeness (QED) is 0.0546. The highest BCUT2D eigenvalue weighted by molar-refractivity contribution is 7.41. The van der Waals surface area contributed by atoms with Crippen molar-refractivity contribution in [3.63, 3.8) is 0 Å². The van der Waals surface area contributed by atoms with Crippen LogP contribution in [0.5, 0.6) is 0 Å². The number of halogens is 1. The molecular formula is C66H63ClSi. The molecule has 0 nitrogen and oxygen atoms in total. The lowest BCUT2D eigenvalue weighted by Crippen LogP contribution is -2.68. The molecule has 0 spiro atoms. The van der Waals surface area contributed by atoms with Crippen molar-refractivity contribution in [1.29, 1.82) is 0 Å². The average Bonchev–Trinajstić information content (AvgIpc) is 3.35. The molecule has 9 aromatic rings. The Balaban J connectivity index is 1.47. The first-order valence-corrected chi connectivity index (χ1v) is 27.4. The molecule has 0 amide bonds. The molecule has 0 aliphatic rings. The van der Waals surface area contributed by atoms with E-state index in [0.717, 1.165) is 38.5 Å². The van der Waals surface area contributed by atoms with Gasteiger partial charge in [0.2, 0.25) is 7.38 Å². The third-order valence-electron chi connectivity index (χ3n) is 14.5. The zero-order valence-corrected chi connectivity index (χ0v) is 42.4. The Bertz CT molecular complexity index is 2800. The van der Waals surface area contributed by atoms with E-state index >= 15 is 0 Å². The van der Waals surface area contributed by atoms with Crippen molar-refractivity contribution in [3.8, 4) is 0 Å². The van der Waals surface area contributed by atoms with Crippen molar-refractivity contribution in [2.24, 2.45) is 0 Å². The highest BCUT2D eigenvalue weighted by Crippen LogP contribution is 2.34. The Morgan fingerprint density at radius 3 is 0.676 bits per heavy atom. The van der Waals surface area contributed by atoms with Crippen molar-refractivity contribution in [2.45, 2.75) is 80.1 Å². The van der Waals surface area contributed by atoms with E-state index in [1.807, 2.05) is 0 Å². The summed E-state index contributed by atoms with van der Waals surface area (Å²) < 4.78 is 0. The molecule has 0 aliphatic heterocycles. The van der Waals surface area contributed by atoms with E-state index in [9.17, 15) is 11.1 Å². The van der Waals surface area contributed by atoms with Crippen LogP contribution in [0.25, 0.3) is 0 Å². The van der Waals surface area contributed by atoms with Gasteiger partial charge in [-0.05, 0) is 196 Å². The van der Waals surface area contributed by atoms with Gasteiger partial charge in [0.1, 0.15) is 0 Å². The Morgan fingerprint density at radius 1 is 0.279 bits per heavy atom. The first-order chi connectivity index (χ1) is 33.1. The molecule has 2 heteroatoms. The fourth-order valence-electron chi connectivity index (χ4n) is 11.0. The van der Waals surface area contributed by atoms with Crippen LogP contribution in [0, 0.1) is 41.5 Å². The SMILES string of the molecule is Cc1cc(Cc2ccccc2)c(C)c([Si](Cl)(c2c(C)c(Cc3ccccc3)cc(C)c2Cc2ccccc2)c2c(C)c(Cc3ccccc3)cc(C)c2Cc2ccccc2)c1Cc1ccccc1. The summed E-state index contributed by atoms with van der Waals surface area (Å²) >= 11 is 9.73. The summed E-state index contributed by atoms with van der Waals surface area (Å²) in [4.78, 5) is 0. The van der Waals surface area contributed by atoms with Crippen molar-refractivity contribution < 1.29 is 0 Å². The molecule has 9 rings (SSSR count). The highest BCUT2D eigenvalue weighted by Gasteiger charge is 2.48. The van der Waals surface area contributed by atoms with Crippen LogP contribution in [-0.4, -0.2) is 7.38 Å². The third kappa shape index (κ3) is 9.88. The molecule has 0 N–H and O–H groups in total. The van der Waals surface area contributed by atoms with Gasteiger partial charge in [-0.25, -0.2) is 0 Å². The van der Waals surface area contributed by atoms with Gasteiger partial charge in [0.05, 0.1) is 0 Å². The smallest absolute Gasteiger partial charge is 0.149 e. The summed E-state index contributed by atoms with van der Waals surface area (Å²) in [6.45, 7) is 14.3. The summed E-state index contributed by atoms with van der Waals surface area (Å²) in [6, 6.07) is 73.7. The van der Waals surface area contributed by atoms with Gasteiger partial charge in [0.15, 0.2) is 0 Å². The fourth-order valence-corrected chi connectivity index (χ4v) is 18.2. The number of hydrogen-bond donors (Lipinski definition) is 0. The predicted octanol–water partition coefficient (Wildman–Crippen LogP) is 14.3. The maximum atomic E-state index is 9.73. The maximum Gasteiger partial charge on any atom is 0.249 e. The van der Waals surface area contributed by atoms with Crippen LogP contribution >= 0.6 is 11.1 Å². The molecule has 0 unspecified atom stereocenters. The fraction of sp³-hybridized carbons (Fsp3) is 0.182. The molecule has 68 heavy (non-hydrogen) atoms. The summed E-state index contributed by atoms with van der Waals surface area (Å²) in [6.07, 6.45) is 4.88. The van der Waals surface area contributed by atoms with E-state index in [2.05, 4.69) is 242 Å². The molecule has 0 radical (unpaired) electrons. The van der Waals surface area contributed by atoms with Crippen molar-refractivity contribution in [2.75, 3.05) is 0 Å². The molecule has 0 aromatic heterocycles. The van der Waals surface area contributed by atoms with E-state index in [-0.39, 0.29) is 0 Å². The van der Waals surface area contributed by atoms with Crippen LogP contribution in [0.3, 0.4) is 0 Å². The number of hydrogen-bond acceptors (Lipinski definition) is 0. The lowest BCUT2D eigenvalue weighted by molar-refractivity contribution is 1.09. The lowest BCUT2D eigenvalue weighted by atomic mass is 9.91. The minimum Gasteiger partial charge on any atom is -0.149 e. The van der Waals surface area contributed by atoms with Gasteiger partial charge in [0, 0.05) is 0 Å². The maximum absolute atomic E-state index is 9.73. The predicted molar refractivity (Wildman–Crippen MR) is 294 cm³/mol. The van der Waals surface area contributed by atoms with Gasteiger partial charge in [0.25, 0.3) is 0 Å². The average molecular weight is 920 g/mol. The molecule has 338 valence electrons. The van der Waals surface area contributed by atoms with E-state index in [1.165, 1.54) is 116 Å². The van der Waals surface area contributed by atoms with Gasteiger partial charge >= 0.3 is 0 Å². The Kier molecular flexibility index (Phi) is 14.2. The minimum absolute atomic E-state index is 0.793. The van der Waals surface area contributed by atoms with Gasteiger partial charge in [-0.15, -0.1) is 11.1 Å². The summed E-state index contributed by atoms with van der Waals surface area (Å²) in [5.41, 5.74) is 23.8. The first-order valence-electron chi connectivity index (χ1n) is 24.4. The molecule has 0 atom stereocenters. The normalized spacial score (nSPS) is 11.5. The van der Waals surface area contributed by atoms with Gasteiger partial charge < -0.3 is 0 Å². The van der Waals surface area contributed by atoms with Crippen LogP contribution in [0.15, 0.2) is 200 Å². The van der Waals surface area contributed by atoms with E-state index < -0.39 is 7.38 Å². The number of benzene rings is 9. The van der Waals surface area contributed by atoms with E-state index in [0.29, 0.717) is 0 Å². The monoisotopic (exact) mass is 918 g/mol. The zero-order chi connectivity index (χ0) is 47.2. The highest BCUT2D eigenvalue weighted by atomic mass is 35.6. The van der Waals surface area contributed by atoms with Crippen molar-refractivity contribution in [1.82, 2.24) is 0 Å². The van der Waals surface area contributed by atoms with Crippen LogP contribution in [0.2, 0.25) is 0 Å². The number of aryl methyl sites for hydroxylation is 3. The molecular weight excluding hydrogens is 856 g/mol. The van der Waals surface area contributed by atoms with Crippen LogP contribution in [0.4, 0.5) is 0 Å². The van der Waals surface area contributed by atoms with Crippen molar-refractivity contribution >= 4 is 34.0 Å². The topological polar surface area (TPSA) is 0 Å². The van der Waals surface area contributed by atoms with E-state index in [4.69, 9.17) is 0 Å². The van der Waals surface area contributed by atoms with Crippen LogP contribution < -0.4 is 15.6 Å². The largest absolute Gasteiger partial charge is 0.249 e. The molecule has 0 saturated heterocycles. The lowest BCUT2D eigenvalue weighted by Gasteiger charge is -2.39. The standard InChI is InChI=1S/C66H63ClSi/c1-46-37-58(40-52-25-13-7-14-26-52)49(4)64(61(46)43-55-31-19-10-20-32-55)68(67,65-50(5)59(41-53-27-15-8-16-28-53)38-47(2)62(65)44-56-33-21-11-22-34-56)66-51(6)60(42-54-29-17-9-18-30-54)39-48(3)63(66)45-57-35-23-12-24-36-57/h7-39H,40-45H2,1-6H3. The Labute approximate surface area is 412 Å². The van der Waals surface area contributed by atoms with Gasteiger partial charge in [-0.2, -0.15) is 0 Å². The van der Waals surface area contributed by atoms with Gasteiger partial charge in [-0.1, -0.05) is 200 Å². The van der Waals surface area contributed by atoms with Gasteiger partial charge in [-0.3, -0.25) is 0 Å². The van der Waals surface area contributed by atoms with Crippen LogP contribution in [-0.2, 0) is 38.5 Å². The summed E-state index contributed by atoms with van der Waals surface area (Å²) in [7, 11) is -3.67. The minimum atomic E-state index is -3.67.